The number of halogens is 2. The van der Waals surface area contributed by atoms with Crippen molar-refractivity contribution >= 4 is 114 Å². The topological polar surface area (TPSA) is 174 Å². The number of rotatable bonds is 3. The van der Waals surface area contributed by atoms with Crippen LogP contribution in [0.2, 0.25) is 0 Å². The van der Waals surface area contributed by atoms with Crippen LogP contribution in [0.15, 0.2) is 134 Å². The van der Waals surface area contributed by atoms with Gasteiger partial charge in [0.15, 0.2) is 0 Å². The monoisotopic (exact) mass is 1140 g/mol. The summed E-state index contributed by atoms with van der Waals surface area (Å²) in [5.41, 5.74) is 24.2. The van der Waals surface area contributed by atoms with E-state index in [0.717, 1.165) is 31.3 Å². The summed E-state index contributed by atoms with van der Waals surface area (Å²) in [6.07, 6.45) is 5.55. The number of alkyl halides is 1. The van der Waals surface area contributed by atoms with Crippen molar-refractivity contribution in [2.45, 2.75) is 87.9 Å². The first-order chi connectivity index (χ1) is 33.7. The minimum atomic E-state index is -0.462. The van der Waals surface area contributed by atoms with Crippen molar-refractivity contribution < 1.29 is 84.8 Å². The fourth-order valence-electron chi connectivity index (χ4n) is 7.64. The van der Waals surface area contributed by atoms with Gasteiger partial charge in [-0.3, -0.25) is 9.20 Å². The molecule has 376 valence electrons. The summed E-state index contributed by atoms with van der Waals surface area (Å²) in [5.74, 6) is 1.16. The Kier molecular flexibility index (Phi) is 26.3. The number of pyridine rings is 2. The van der Waals surface area contributed by atoms with Crippen LogP contribution >= 0.6 is 34.2 Å². The first-order valence-electron chi connectivity index (χ1n) is 22.8. The zero-order chi connectivity index (χ0) is 52.2. The molecule has 0 atom stereocenters. The standard InChI is InChI=1S/C17H14N2.C15H14N2.C13H16BNO2.C8H10IN.C3H5Cl.CH2O3.CH4.2Na.H/c1-11-9-15-13-5-3-4-6-14(13)17-18-7-8-19(17)16(15)10-12(11)2;1-9-7-13-11-5-3-4-6-12(11)15(16)17-14(13)8-10(9)2;1-12(2)13(3,4)17-14(16-12)11-8-6-5-7-10(11)9-15;1-5-3-7(9)8(10)4-6(5)2;1-2-3-4;2-1-4-3;;;;/h3-10H,1-2H3;3-8H,1-2H3,(H2,16,17);5-8H,1-4H3;3-4H,10H2,1-2H3;2H,1,3H2;1,3H;1H4;;;/q;;;;;;;2*+1;-1/p-1. The molecule has 1 fully saturated rings. The summed E-state index contributed by atoms with van der Waals surface area (Å²) in [4.78, 5) is 20.2. The molecule has 0 unspecified atom stereocenters. The molecule has 0 aliphatic carbocycles. The molecule has 0 saturated carbocycles. The molecule has 9 aromatic rings. The van der Waals surface area contributed by atoms with Crippen LogP contribution < -0.4 is 81.3 Å². The average Bonchev–Trinajstić information content (AvgIpc) is 3.94. The first-order valence-corrected chi connectivity index (χ1v) is 24.4. The first kappa shape index (κ1) is 65.6. The van der Waals surface area contributed by atoms with Crippen molar-refractivity contribution in [2.24, 2.45) is 0 Å². The molecule has 11 nitrogen and oxygen atoms in total. The Morgan fingerprint density at radius 3 is 1.77 bits per heavy atom. The van der Waals surface area contributed by atoms with Crippen LogP contribution in [0.3, 0.4) is 0 Å². The van der Waals surface area contributed by atoms with Gasteiger partial charge in [-0.15, -0.1) is 18.2 Å². The van der Waals surface area contributed by atoms with Crippen molar-refractivity contribution in [3.05, 3.63) is 177 Å². The number of fused-ring (bicyclic) bond motifs is 9. The maximum absolute atomic E-state index is 9.08. The number of allylic oxidation sites excluding steroid dienone is 1. The number of nitrogens with two attached hydrogens (primary N) is 2. The predicted octanol–water partition coefficient (Wildman–Crippen LogP) is 6.79. The van der Waals surface area contributed by atoms with Gasteiger partial charge in [-0.2, -0.15) is 5.26 Å². The van der Waals surface area contributed by atoms with E-state index < -0.39 is 7.12 Å². The Hall–Kier alpha value is -4.54. The average molecular weight is 1150 g/mol. The van der Waals surface area contributed by atoms with Gasteiger partial charge in [-0.1, -0.05) is 80.2 Å². The molecule has 10 rings (SSSR count). The van der Waals surface area contributed by atoms with Gasteiger partial charge in [-0.25, -0.2) is 9.97 Å². The number of carbonyl (C=O) groups excluding carboxylic acids is 1. The van der Waals surface area contributed by atoms with E-state index in [1.54, 1.807) is 12.1 Å². The molecule has 74 heavy (non-hydrogen) atoms. The van der Waals surface area contributed by atoms with Crippen molar-refractivity contribution in [1.82, 2.24) is 14.4 Å². The van der Waals surface area contributed by atoms with Crippen LogP contribution in [0.4, 0.5) is 11.5 Å². The number of aryl methyl sites for hydroxylation is 6. The number of anilines is 2. The molecule has 0 amide bonds. The molecule has 0 radical (unpaired) electrons. The molecule has 1 saturated heterocycles. The fraction of sp³-hybridized carbons (Fsp3) is 0.241. The van der Waals surface area contributed by atoms with Crippen LogP contribution in [0.1, 0.15) is 75.5 Å². The molecule has 0 bridgehead atoms. The van der Waals surface area contributed by atoms with Crippen molar-refractivity contribution in [3.63, 3.8) is 0 Å². The Morgan fingerprint density at radius 2 is 1.23 bits per heavy atom. The van der Waals surface area contributed by atoms with Gasteiger partial charge >= 0.3 is 66.2 Å². The van der Waals surface area contributed by atoms with Gasteiger partial charge < -0.3 is 32.3 Å². The third-order valence-electron chi connectivity index (χ3n) is 12.7. The number of hydrogen-bond donors (Lipinski definition) is 2. The van der Waals surface area contributed by atoms with E-state index in [2.05, 4.69) is 157 Å². The van der Waals surface area contributed by atoms with E-state index >= 15 is 0 Å². The van der Waals surface area contributed by atoms with Gasteiger partial charge in [0.2, 0.25) is 0 Å². The molecular weight excluding hydrogens is 1080 g/mol. The van der Waals surface area contributed by atoms with Crippen LogP contribution in [-0.4, -0.2) is 45.0 Å². The molecule has 0 spiro atoms. The minimum Gasteiger partial charge on any atom is -1.00 e. The molecule has 4 N–H and O–H groups in total. The summed E-state index contributed by atoms with van der Waals surface area (Å²) < 4.78 is 15.2. The number of nitriles is 1. The molecule has 1 aliphatic rings. The SMILES string of the molecule is C.C=CCCl.CC1(C)OB(c2ccccc2C#N)OC1(C)C.Cc1cc(N)c(I)cc1C.Cc1cc2c3ccccc3c3nccn3c2cc1C.Cc1cc2nc(N)c3ccccc3c2cc1C.O=CO[O-].[H-].[Na+].[Na+]. The molecule has 1 aliphatic heterocycles. The summed E-state index contributed by atoms with van der Waals surface area (Å²) in [6.45, 7) is 23.9. The van der Waals surface area contributed by atoms with E-state index in [0.29, 0.717) is 17.3 Å². The number of benzene rings is 6. The third kappa shape index (κ3) is 15.8. The van der Waals surface area contributed by atoms with Gasteiger partial charge in [-0.05, 0) is 178 Å². The number of hydrogen-bond acceptors (Lipinski definition) is 10. The zero-order valence-corrected chi connectivity index (χ0v) is 50.8. The summed E-state index contributed by atoms with van der Waals surface area (Å²) in [6, 6.07) is 39.2. The molecule has 3 aromatic heterocycles. The van der Waals surface area contributed by atoms with Crippen LogP contribution in [0.5, 0.6) is 0 Å². The van der Waals surface area contributed by atoms with E-state index in [4.69, 9.17) is 47.7 Å². The fourth-order valence-corrected chi connectivity index (χ4v) is 8.27. The maximum Gasteiger partial charge on any atom is 1.00 e. The Balaban J connectivity index is 0.000000476. The largest absolute Gasteiger partial charge is 1.00 e. The quantitative estimate of drug-likeness (QED) is 0.0221. The number of nitrogen functional groups attached to an aromatic ring is 2. The van der Waals surface area contributed by atoms with E-state index in [1.807, 2.05) is 82.6 Å². The van der Waals surface area contributed by atoms with Crippen LogP contribution in [-0.2, 0) is 19.0 Å². The second-order valence-corrected chi connectivity index (χ2v) is 19.5. The van der Waals surface area contributed by atoms with E-state index in [9.17, 15) is 0 Å². The van der Waals surface area contributed by atoms with Gasteiger partial charge in [0.25, 0.3) is 6.47 Å². The Morgan fingerprint density at radius 1 is 0.770 bits per heavy atom. The third-order valence-corrected chi connectivity index (χ3v) is 13.8. The van der Waals surface area contributed by atoms with Crippen molar-refractivity contribution in [3.8, 4) is 6.07 Å². The number of carbonyl (C=O) groups is 1. The minimum absolute atomic E-state index is 0. The van der Waals surface area contributed by atoms with Crippen LogP contribution in [0.25, 0.3) is 49.0 Å². The van der Waals surface area contributed by atoms with E-state index in [-0.39, 0.29) is 85.6 Å². The number of imidazole rings is 1. The summed E-state index contributed by atoms with van der Waals surface area (Å²) in [5, 5.41) is 24.7. The maximum atomic E-state index is 9.08. The molecule has 16 heteroatoms. The van der Waals surface area contributed by atoms with Gasteiger partial charge in [0.1, 0.15) is 11.5 Å². The second kappa shape index (κ2) is 29.7. The van der Waals surface area contributed by atoms with Crippen molar-refractivity contribution in [2.75, 3.05) is 17.3 Å². The summed E-state index contributed by atoms with van der Waals surface area (Å²) >= 11 is 7.31. The smallest absolute Gasteiger partial charge is 1.00 e. The predicted molar refractivity (Wildman–Crippen MR) is 309 cm³/mol. The Labute approximate surface area is 501 Å². The Bertz CT molecular complexity index is 3340. The molecular formula is C58H65BClIN6Na2O5. The second-order valence-electron chi connectivity index (χ2n) is 18.0. The van der Waals surface area contributed by atoms with Gasteiger partial charge in [0, 0.05) is 54.5 Å². The molecule has 6 aromatic carbocycles. The molecule has 4 heterocycles. The zero-order valence-electron chi connectivity index (χ0n) is 44.9. The normalized spacial score (nSPS) is 12.4. The summed E-state index contributed by atoms with van der Waals surface area (Å²) in [7, 11) is -0.462. The number of nitrogens with zero attached hydrogens (tertiary/aromatic N) is 4. The number of aromatic nitrogens is 3. The van der Waals surface area contributed by atoms with Gasteiger partial charge in [0.05, 0.1) is 33.9 Å². The van der Waals surface area contributed by atoms with E-state index in [1.165, 1.54) is 65.8 Å². The van der Waals surface area contributed by atoms with Crippen LogP contribution in [0, 0.1) is 56.4 Å². The van der Waals surface area contributed by atoms with Crippen molar-refractivity contribution in [1.29, 1.82) is 5.26 Å².